The summed E-state index contributed by atoms with van der Waals surface area (Å²) in [5.41, 5.74) is 0. The van der Waals surface area contributed by atoms with Crippen LogP contribution in [0.15, 0.2) is 0 Å². The Balaban J connectivity index is 2.04. The van der Waals surface area contributed by atoms with Gasteiger partial charge in [-0.25, -0.2) is 0 Å². The van der Waals surface area contributed by atoms with E-state index in [0.29, 0.717) is 18.1 Å². The molecule has 0 aromatic carbocycles. The molecular weight excluding hydrogens is 162 g/mol. The normalized spacial score (nSPS) is 21.9. The summed E-state index contributed by atoms with van der Waals surface area (Å²) >= 11 is 0. The lowest BCUT2D eigenvalue weighted by Gasteiger charge is -2.22. The van der Waals surface area contributed by atoms with E-state index in [1.165, 1.54) is 12.8 Å². The summed E-state index contributed by atoms with van der Waals surface area (Å²) in [5.74, 6) is 0.614. The molecule has 0 heterocycles. The van der Waals surface area contributed by atoms with Gasteiger partial charge in [-0.1, -0.05) is 13.8 Å². The van der Waals surface area contributed by atoms with Crippen molar-refractivity contribution >= 4 is 0 Å². The van der Waals surface area contributed by atoms with Crippen LogP contribution in [0.2, 0.25) is 0 Å². The minimum atomic E-state index is 0.345. The molecule has 1 fully saturated rings. The van der Waals surface area contributed by atoms with E-state index in [0.717, 1.165) is 12.6 Å². The SMILES string of the molecule is CC(CNC1CC1)OC(C)C(C)C. The molecule has 1 N–H and O–H groups in total. The third kappa shape index (κ3) is 4.63. The quantitative estimate of drug-likeness (QED) is 0.685. The van der Waals surface area contributed by atoms with Crippen LogP contribution in [0.3, 0.4) is 0 Å². The number of rotatable bonds is 6. The van der Waals surface area contributed by atoms with E-state index in [2.05, 4.69) is 33.0 Å². The van der Waals surface area contributed by atoms with Gasteiger partial charge in [-0.2, -0.15) is 0 Å². The van der Waals surface area contributed by atoms with E-state index in [1.807, 2.05) is 0 Å². The molecule has 2 heteroatoms. The van der Waals surface area contributed by atoms with Gasteiger partial charge in [0.1, 0.15) is 0 Å². The van der Waals surface area contributed by atoms with E-state index in [-0.39, 0.29) is 0 Å². The van der Waals surface area contributed by atoms with Crippen LogP contribution in [0.25, 0.3) is 0 Å². The molecule has 2 nitrogen and oxygen atoms in total. The molecule has 1 aliphatic rings. The van der Waals surface area contributed by atoms with Crippen molar-refractivity contribution in [2.24, 2.45) is 5.92 Å². The first-order valence-electron chi connectivity index (χ1n) is 5.48. The summed E-state index contributed by atoms with van der Waals surface area (Å²) < 4.78 is 5.83. The highest BCUT2D eigenvalue weighted by Crippen LogP contribution is 2.18. The number of hydrogen-bond acceptors (Lipinski definition) is 2. The molecule has 0 aromatic rings. The van der Waals surface area contributed by atoms with E-state index in [9.17, 15) is 0 Å². The molecule has 0 amide bonds. The largest absolute Gasteiger partial charge is 0.374 e. The summed E-state index contributed by atoms with van der Waals surface area (Å²) in [7, 11) is 0. The van der Waals surface area contributed by atoms with Crippen LogP contribution < -0.4 is 5.32 Å². The molecule has 0 bridgehead atoms. The fraction of sp³-hybridized carbons (Fsp3) is 1.00. The highest BCUT2D eigenvalue weighted by molar-refractivity contribution is 4.81. The Bertz CT molecular complexity index is 143. The Hall–Kier alpha value is -0.0800. The fourth-order valence-electron chi connectivity index (χ4n) is 1.19. The summed E-state index contributed by atoms with van der Waals surface area (Å²) in [6, 6.07) is 0.792. The van der Waals surface area contributed by atoms with Crippen molar-refractivity contribution in [1.29, 1.82) is 0 Å². The second kappa shape index (κ2) is 4.97. The molecule has 78 valence electrons. The van der Waals surface area contributed by atoms with Gasteiger partial charge in [0.25, 0.3) is 0 Å². The van der Waals surface area contributed by atoms with Crippen molar-refractivity contribution in [3.63, 3.8) is 0 Å². The van der Waals surface area contributed by atoms with Crippen molar-refractivity contribution in [1.82, 2.24) is 5.32 Å². The molecule has 0 aliphatic heterocycles. The summed E-state index contributed by atoms with van der Waals surface area (Å²) in [6.45, 7) is 9.70. The van der Waals surface area contributed by atoms with Gasteiger partial charge in [0.2, 0.25) is 0 Å². The van der Waals surface area contributed by atoms with Crippen LogP contribution in [-0.4, -0.2) is 24.8 Å². The van der Waals surface area contributed by atoms with Gasteiger partial charge >= 0.3 is 0 Å². The molecule has 13 heavy (non-hydrogen) atoms. The van der Waals surface area contributed by atoms with E-state index >= 15 is 0 Å². The van der Waals surface area contributed by atoms with E-state index in [1.54, 1.807) is 0 Å². The molecule has 0 radical (unpaired) electrons. The van der Waals surface area contributed by atoms with Crippen molar-refractivity contribution in [3.8, 4) is 0 Å². The molecule has 0 spiro atoms. The van der Waals surface area contributed by atoms with Gasteiger partial charge in [-0.3, -0.25) is 0 Å². The molecular formula is C11H23NO. The third-order valence-electron chi connectivity index (χ3n) is 2.66. The highest BCUT2D eigenvalue weighted by atomic mass is 16.5. The monoisotopic (exact) mass is 185 g/mol. The zero-order chi connectivity index (χ0) is 9.84. The first-order valence-corrected chi connectivity index (χ1v) is 5.48. The van der Waals surface area contributed by atoms with Gasteiger partial charge in [0.05, 0.1) is 12.2 Å². The van der Waals surface area contributed by atoms with E-state index in [4.69, 9.17) is 4.74 Å². The van der Waals surface area contributed by atoms with Crippen LogP contribution in [0, 0.1) is 5.92 Å². The minimum absolute atomic E-state index is 0.345. The van der Waals surface area contributed by atoms with Crippen LogP contribution >= 0.6 is 0 Å². The van der Waals surface area contributed by atoms with Crippen molar-refractivity contribution < 1.29 is 4.74 Å². The maximum absolute atomic E-state index is 5.83. The Labute approximate surface area is 82.0 Å². The molecule has 1 saturated carbocycles. The lowest BCUT2D eigenvalue weighted by atomic mass is 10.1. The summed E-state index contributed by atoms with van der Waals surface area (Å²) in [4.78, 5) is 0. The number of nitrogens with one attached hydrogen (secondary N) is 1. The second-order valence-electron chi connectivity index (χ2n) is 4.58. The lowest BCUT2D eigenvalue weighted by molar-refractivity contribution is -0.0149. The smallest absolute Gasteiger partial charge is 0.0675 e. The topological polar surface area (TPSA) is 21.3 Å². The van der Waals surface area contributed by atoms with Crippen molar-refractivity contribution in [2.45, 2.75) is 58.8 Å². The number of hydrogen-bond donors (Lipinski definition) is 1. The average Bonchev–Trinajstić information content (AvgIpc) is 2.83. The van der Waals surface area contributed by atoms with Crippen LogP contribution in [0.4, 0.5) is 0 Å². The second-order valence-corrected chi connectivity index (χ2v) is 4.58. The predicted molar refractivity (Wildman–Crippen MR) is 55.9 cm³/mol. The first-order chi connectivity index (χ1) is 6.09. The molecule has 1 aliphatic carbocycles. The van der Waals surface area contributed by atoms with Gasteiger partial charge < -0.3 is 10.1 Å². The first kappa shape index (κ1) is 11.0. The maximum Gasteiger partial charge on any atom is 0.0675 e. The van der Waals surface area contributed by atoms with Crippen LogP contribution in [0.1, 0.15) is 40.5 Å². The van der Waals surface area contributed by atoms with Gasteiger partial charge in [-0.15, -0.1) is 0 Å². The molecule has 0 aromatic heterocycles. The lowest BCUT2D eigenvalue weighted by Crippen LogP contribution is -2.32. The highest BCUT2D eigenvalue weighted by Gasteiger charge is 2.21. The zero-order valence-corrected chi connectivity index (χ0v) is 9.34. The van der Waals surface area contributed by atoms with Gasteiger partial charge in [0.15, 0.2) is 0 Å². The maximum atomic E-state index is 5.83. The standard InChI is InChI=1S/C11H23NO/c1-8(2)10(4)13-9(3)7-12-11-5-6-11/h8-12H,5-7H2,1-4H3. The van der Waals surface area contributed by atoms with Crippen molar-refractivity contribution in [2.75, 3.05) is 6.54 Å². The Morgan fingerprint density at radius 1 is 1.23 bits per heavy atom. The van der Waals surface area contributed by atoms with E-state index < -0.39 is 0 Å². The number of ether oxygens (including phenoxy) is 1. The molecule has 2 atom stereocenters. The van der Waals surface area contributed by atoms with Crippen LogP contribution in [0.5, 0.6) is 0 Å². The Kier molecular flexibility index (Phi) is 4.20. The van der Waals surface area contributed by atoms with Gasteiger partial charge in [-0.05, 0) is 32.6 Å². The molecule has 2 unspecified atom stereocenters. The third-order valence-corrected chi connectivity index (χ3v) is 2.66. The molecule has 1 rings (SSSR count). The minimum Gasteiger partial charge on any atom is -0.374 e. The molecule has 0 saturated heterocycles. The predicted octanol–water partition coefficient (Wildman–Crippen LogP) is 2.19. The Morgan fingerprint density at radius 2 is 1.85 bits per heavy atom. The fourth-order valence-corrected chi connectivity index (χ4v) is 1.19. The van der Waals surface area contributed by atoms with Gasteiger partial charge in [0, 0.05) is 12.6 Å². The Morgan fingerprint density at radius 3 is 2.31 bits per heavy atom. The average molecular weight is 185 g/mol. The summed E-state index contributed by atoms with van der Waals surface area (Å²) in [5, 5.41) is 3.48. The zero-order valence-electron chi connectivity index (χ0n) is 9.34. The summed E-state index contributed by atoms with van der Waals surface area (Å²) in [6.07, 6.45) is 3.42. The van der Waals surface area contributed by atoms with Crippen molar-refractivity contribution in [3.05, 3.63) is 0 Å². The van der Waals surface area contributed by atoms with Crippen LogP contribution in [-0.2, 0) is 4.74 Å².